The molecule has 7 heteroatoms. The van der Waals surface area contributed by atoms with E-state index in [0.717, 1.165) is 16.8 Å². The molecule has 2 aromatic heterocycles. The van der Waals surface area contributed by atoms with Crippen LogP contribution in [0, 0.1) is 11.7 Å². The minimum Gasteiger partial charge on any atom is -0.494 e. The molecular weight excluding hydrogens is 324 g/mol. The van der Waals surface area contributed by atoms with E-state index >= 15 is 0 Å². The van der Waals surface area contributed by atoms with Gasteiger partial charge in [0.2, 0.25) is 5.88 Å². The molecule has 0 radical (unpaired) electrons. The predicted molar refractivity (Wildman–Crippen MR) is 94.8 cm³/mol. The largest absolute Gasteiger partial charge is 0.494 e. The van der Waals surface area contributed by atoms with Gasteiger partial charge >= 0.3 is 0 Å². The summed E-state index contributed by atoms with van der Waals surface area (Å²) in [5.41, 5.74) is 2.46. The Morgan fingerprint density at radius 3 is 2.42 bits per heavy atom. The number of aryl methyl sites for hydroxylation is 1. The van der Waals surface area contributed by atoms with E-state index in [0.29, 0.717) is 0 Å². The Morgan fingerprint density at radius 1 is 1.12 bits per heavy atom. The van der Waals surface area contributed by atoms with Gasteiger partial charge in [-0.25, -0.2) is 0 Å². The van der Waals surface area contributed by atoms with Gasteiger partial charge in [-0.1, -0.05) is 17.7 Å². The summed E-state index contributed by atoms with van der Waals surface area (Å²) in [5, 5.41) is 13.5. The number of rotatable bonds is 4. The molecule has 0 fully saturated rings. The standard InChI is InChI=1S/C17H16N4O2S/c1-10-2-4-12(5-3-10)19-14(11-6-8-18-9-7-11)13-15(22)20-17(24)21-16(13)23/h2-9,14,19H,1H3,(H3,20,21,22,23,24). The first-order valence-corrected chi connectivity index (χ1v) is 7.74. The Bertz CT molecular complexity index is 949. The summed E-state index contributed by atoms with van der Waals surface area (Å²) in [4.78, 5) is 21.5. The predicted octanol–water partition coefficient (Wildman–Crippen LogP) is 3.04. The van der Waals surface area contributed by atoms with Crippen LogP contribution in [0.2, 0.25) is 0 Å². The van der Waals surface area contributed by atoms with Gasteiger partial charge < -0.3 is 15.4 Å². The van der Waals surface area contributed by atoms with Crippen molar-refractivity contribution in [2.75, 3.05) is 5.32 Å². The maximum atomic E-state index is 12.4. The van der Waals surface area contributed by atoms with Gasteiger partial charge in [0.15, 0.2) is 4.77 Å². The number of aromatic hydroxyl groups is 1. The molecule has 4 N–H and O–H groups in total. The molecule has 0 spiro atoms. The van der Waals surface area contributed by atoms with Crippen molar-refractivity contribution in [3.63, 3.8) is 0 Å². The maximum Gasteiger partial charge on any atom is 0.261 e. The molecule has 0 aliphatic carbocycles. The molecule has 2 heterocycles. The van der Waals surface area contributed by atoms with Crippen LogP contribution in [0.3, 0.4) is 0 Å². The van der Waals surface area contributed by atoms with E-state index in [9.17, 15) is 9.90 Å². The molecule has 0 aliphatic rings. The zero-order chi connectivity index (χ0) is 17.1. The van der Waals surface area contributed by atoms with Crippen LogP contribution < -0.4 is 10.9 Å². The molecule has 0 aliphatic heterocycles. The van der Waals surface area contributed by atoms with E-state index in [1.165, 1.54) is 0 Å². The minimum absolute atomic E-state index is 0.0741. The van der Waals surface area contributed by atoms with E-state index < -0.39 is 11.6 Å². The third kappa shape index (κ3) is 3.36. The first kappa shape index (κ1) is 15.9. The van der Waals surface area contributed by atoms with Gasteiger partial charge in [0, 0.05) is 18.1 Å². The molecule has 0 saturated heterocycles. The Balaban J connectivity index is 2.11. The molecule has 0 saturated carbocycles. The van der Waals surface area contributed by atoms with Crippen LogP contribution in [0.25, 0.3) is 0 Å². The highest BCUT2D eigenvalue weighted by molar-refractivity contribution is 7.71. The smallest absolute Gasteiger partial charge is 0.261 e. The fourth-order valence-electron chi connectivity index (χ4n) is 2.45. The average Bonchev–Trinajstić information content (AvgIpc) is 2.56. The van der Waals surface area contributed by atoms with Crippen molar-refractivity contribution < 1.29 is 5.11 Å². The van der Waals surface area contributed by atoms with Crippen molar-refractivity contribution in [1.82, 2.24) is 15.0 Å². The highest BCUT2D eigenvalue weighted by Gasteiger charge is 2.22. The second-order valence-electron chi connectivity index (χ2n) is 5.39. The molecular formula is C17H16N4O2S. The molecule has 0 amide bonds. The number of hydrogen-bond donors (Lipinski definition) is 4. The zero-order valence-electron chi connectivity index (χ0n) is 12.9. The summed E-state index contributed by atoms with van der Waals surface area (Å²) >= 11 is 4.89. The molecule has 24 heavy (non-hydrogen) atoms. The van der Waals surface area contributed by atoms with Crippen molar-refractivity contribution in [2.24, 2.45) is 0 Å². The quantitative estimate of drug-likeness (QED) is 0.548. The van der Waals surface area contributed by atoms with E-state index in [4.69, 9.17) is 12.2 Å². The van der Waals surface area contributed by atoms with Crippen LogP contribution in [0.5, 0.6) is 5.88 Å². The fourth-order valence-corrected chi connectivity index (χ4v) is 2.64. The van der Waals surface area contributed by atoms with Crippen LogP contribution in [-0.4, -0.2) is 20.1 Å². The van der Waals surface area contributed by atoms with Gasteiger partial charge in [-0.15, -0.1) is 0 Å². The monoisotopic (exact) mass is 340 g/mol. The Kier molecular flexibility index (Phi) is 4.43. The molecule has 3 aromatic rings. The number of aromatic amines is 2. The van der Waals surface area contributed by atoms with Gasteiger partial charge in [-0.05, 0) is 49.0 Å². The van der Waals surface area contributed by atoms with Crippen LogP contribution in [-0.2, 0) is 0 Å². The normalized spacial score (nSPS) is 11.9. The van der Waals surface area contributed by atoms with Crippen LogP contribution >= 0.6 is 12.2 Å². The van der Waals surface area contributed by atoms with E-state index in [-0.39, 0.29) is 16.2 Å². The number of hydrogen-bond acceptors (Lipinski definition) is 5. The molecule has 6 nitrogen and oxygen atoms in total. The number of pyridine rings is 1. The van der Waals surface area contributed by atoms with Crippen molar-refractivity contribution >= 4 is 17.9 Å². The van der Waals surface area contributed by atoms with Crippen molar-refractivity contribution in [3.05, 3.63) is 80.6 Å². The van der Waals surface area contributed by atoms with E-state index in [2.05, 4.69) is 20.3 Å². The third-order valence-electron chi connectivity index (χ3n) is 3.65. The summed E-state index contributed by atoms with van der Waals surface area (Å²) in [6.45, 7) is 2.00. The maximum absolute atomic E-state index is 12.4. The molecule has 0 bridgehead atoms. The van der Waals surface area contributed by atoms with Crippen molar-refractivity contribution in [1.29, 1.82) is 0 Å². The molecule has 1 aromatic carbocycles. The second-order valence-corrected chi connectivity index (χ2v) is 5.80. The van der Waals surface area contributed by atoms with Crippen LogP contribution in [0.1, 0.15) is 22.7 Å². The molecule has 1 unspecified atom stereocenters. The first-order valence-electron chi connectivity index (χ1n) is 7.33. The first-order chi connectivity index (χ1) is 11.5. The Labute approximate surface area is 143 Å². The Hall–Kier alpha value is -2.93. The van der Waals surface area contributed by atoms with Crippen LogP contribution in [0.4, 0.5) is 5.69 Å². The van der Waals surface area contributed by atoms with Gasteiger partial charge in [-0.2, -0.15) is 0 Å². The fraction of sp³-hybridized carbons (Fsp3) is 0.118. The SMILES string of the molecule is Cc1ccc(NC(c2ccncc2)c2c(O)[nH]c(=S)[nH]c2=O)cc1. The highest BCUT2D eigenvalue weighted by Crippen LogP contribution is 2.28. The Morgan fingerprint density at radius 2 is 1.79 bits per heavy atom. The van der Waals surface area contributed by atoms with E-state index in [1.807, 2.05) is 31.2 Å². The average molecular weight is 340 g/mol. The summed E-state index contributed by atoms with van der Waals surface area (Å²) in [7, 11) is 0. The summed E-state index contributed by atoms with van der Waals surface area (Å²) in [6.07, 6.45) is 3.27. The van der Waals surface area contributed by atoms with Gasteiger partial charge in [0.05, 0.1) is 6.04 Å². The van der Waals surface area contributed by atoms with Crippen molar-refractivity contribution in [3.8, 4) is 5.88 Å². The minimum atomic E-state index is -0.564. The summed E-state index contributed by atoms with van der Waals surface area (Å²) < 4.78 is 0.0741. The number of nitrogens with one attached hydrogen (secondary N) is 3. The second kappa shape index (κ2) is 6.67. The number of H-pyrrole nitrogens is 2. The zero-order valence-corrected chi connectivity index (χ0v) is 13.7. The molecule has 3 rings (SSSR count). The van der Waals surface area contributed by atoms with Crippen LogP contribution in [0.15, 0.2) is 53.6 Å². The van der Waals surface area contributed by atoms with Gasteiger partial charge in [0.1, 0.15) is 5.56 Å². The number of aromatic nitrogens is 3. The lowest BCUT2D eigenvalue weighted by molar-refractivity contribution is 0.440. The van der Waals surface area contributed by atoms with Crippen molar-refractivity contribution in [2.45, 2.75) is 13.0 Å². The lowest BCUT2D eigenvalue weighted by Gasteiger charge is -2.20. The summed E-state index contributed by atoms with van der Waals surface area (Å²) in [6, 6.07) is 10.8. The van der Waals surface area contributed by atoms with Gasteiger partial charge in [0.25, 0.3) is 5.56 Å². The third-order valence-corrected chi connectivity index (χ3v) is 3.85. The molecule has 122 valence electrons. The highest BCUT2D eigenvalue weighted by atomic mass is 32.1. The molecule has 1 atom stereocenters. The number of anilines is 1. The topological polar surface area (TPSA) is 93.8 Å². The lowest BCUT2D eigenvalue weighted by atomic mass is 10.0. The summed E-state index contributed by atoms with van der Waals surface area (Å²) in [5.74, 6) is -0.259. The number of nitrogens with zero attached hydrogens (tertiary/aromatic N) is 1. The van der Waals surface area contributed by atoms with E-state index in [1.54, 1.807) is 24.5 Å². The lowest BCUT2D eigenvalue weighted by Crippen LogP contribution is -2.23. The number of benzene rings is 1. The van der Waals surface area contributed by atoms with Gasteiger partial charge in [-0.3, -0.25) is 14.8 Å².